The Bertz CT molecular complexity index is 712. The molecule has 9 nitrogen and oxygen atoms in total. The van der Waals surface area contributed by atoms with E-state index in [1.807, 2.05) is 19.4 Å². The highest BCUT2D eigenvalue weighted by Gasteiger charge is 2.23. The van der Waals surface area contributed by atoms with E-state index >= 15 is 0 Å². The van der Waals surface area contributed by atoms with E-state index in [0.717, 1.165) is 31.8 Å². The summed E-state index contributed by atoms with van der Waals surface area (Å²) in [5.74, 6) is 1.63. The molecule has 0 aliphatic carbocycles. The summed E-state index contributed by atoms with van der Waals surface area (Å²) < 4.78 is 3.48. The quantitative estimate of drug-likeness (QED) is 0.588. The molecule has 1 aliphatic heterocycles. The summed E-state index contributed by atoms with van der Waals surface area (Å²) in [6, 6.07) is 0. The van der Waals surface area contributed by atoms with Crippen molar-refractivity contribution in [3.63, 3.8) is 0 Å². The standard InChI is InChI=1S/C16H24N6O3/c1-19-6-4-17-16(19)7-13-3-2-5-20(9-13)11-15(23)12-21-10-14(8-18-21)22(24)25/h4,6,8,10,13,15,23H,2-3,5,7,9,11-12H2,1H3. The van der Waals surface area contributed by atoms with Crippen LogP contribution < -0.4 is 0 Å². The van der Waals surface area contributed by atoms with Gasteiger partial charge in [-0.2, -0.15) is 5.10 Å². The van der Waals surface area contributed by atoms with Gasteiger partial charge in [-0.05, 0) is 25.3 Å². The van der Waals surface area contributed by atoms with Crippen LogP contribution >= 0.6 is 0 Å². The molecule has 2 atom stereocenters. The molecule has 3 heterocycles. The van der Waals surface area contributed by atoms with Crippen molar-refractivity contribution < 1.29 is 10.0 Å². The first-order valence-electron chi connectivity index (χ1n) is 8.54. The first-order valence-corrected chi connectivity index (χ1v) is 8.54. The van der Waals surface area contributed by atoms with Gasteiger partial charge >= 0.3 is 5.69 Å². The number of rotatable bonds is 7. The number of piperidine rings is 1. The Morgan fingerprint density at radius 3 is 3.00 bits per heavy atom. The van der Waals surface area contributed by atoms with Crippen LogP contribution in [0.3, 0.4) is 0 Å². The van der Waals surface area contributed by atoms with Crippen molar-refractivity contribution in [3.8, 4) is 0 Å². The summed E-state index contributed by atoms with van der Waals surface area (Å²) in [7, 11) is 2.01. The largest absolute Gasteiger partial charge is 0.390 e. The predicted octanol–water partition coefficient (Wildman–Crippen LogP) is 0.840. The van der Waals surface area contributed by atoms with Crippen LogP contribution in [0.15, 0.2) is 24.8 Å². The number of nitrogens with zero attached hydrogens (tertiary/aromatic N) is 6. The Balaban J connectivity index is 1.49. The van der Waals surface area contributed by atoms with Crippen molar-refractivity contribution in [1.82, 2.24) is 24.2 Å². The zero-order valence-electron chi connectivity index (χ0n) is 14.4. The van der Waals surface area contributed by atoms with Crippen LogP contribution in [0, 0.1) is 16.0 Å². The predicted molar refractivity (Wildman–Crippen MR) is 91.0 cm³/mol. The average molecular weight is 348 g/mol. The van der Waals surface area contributed by atoms with Gasteiger partial charge in [0.1, 0.15) is 18.2 Å². The Morgan fingerprint density at radius 1 is 1.48 bits per heavy atom. The second-order valence-corrected chi connectivity index (χ2v) is 6.76. The maximum atomic E-state index is 10.7. The van der Waals surface area contributed by atoms with Crippen molar-refractivity contribution in [2.45, 2.75) is 31.9 Å². The third-order valence-electron chi connectivity index (χ3n) is 4.69. The van der Waals surface area contributed by atoms with E-state index in [4.69, 9.17) is 0 Å². The second kappa shape index (κ2) is 7.75. The minimum Gasteiger partial charge on any atom is -0.390 e. The molecule has 0 amide bonds. The highest BCUT2D eigenvalue weighted by atomic mass is 16.6. The zero-order valence-corrected chi connectivity index (χ0v) is 14.4. The number of aliphatic hydroxyl groups excluding tert-OH is 1. The maximum absolute atomic E-state index is 10.7. The number of likely N-dealkylation sites (tertiary alicyclic amines) is 1. The molecule has 2 aromatic rings. The van der Waals surface area contributed by atoms with Crippen molar-refractivity contribution in [2.24, 2.45) is 13.0 Å². The van der Waals surface area contributed by atoms with E-state index in [-0.39, 0.29) is 12.2 Å². The van der Waals surface area contributed by atoms with Gasteiger partial charge in [0.05, 0.1) is 17.6 Å². The number of nitro groups is 1. The van der Waals surface area contributed by atoms with E-state index in [1.165, 1.54) is 23.5 Å². The number of aryl methyl sites for hydroxylation is 1. The van der Waals surface area contributed by atoms with Gasteiger partial charge in [0, 0.05) is 39.0 Å². The molecule has 0 bridgehead atoms. The van der Waals surface area contributed by atoms with Crippen molar-refractivity contribution >= 4 is 5.69 Å². The summed E-state index contributed by atoms with van der Waals surface area (Å²) in [6.45, 7) is 2.70. The molecule has 9 heteroatoms. The number of aromatic nitrogens is 4. The molecule has 0 spiro atoms. The Morgan fingerprint density at radius 2 is 2.32 bits per heavy atom. The SMILES string of the molecule is Cn1ccnc1CC1CCCN(CC(O)Cn2cc([N+](=O)[O-])cn2)C1. The number of aliphatic hydroxyl groups is 1. The van der Waals surface area contributed by atoms with Crippen LogP contribution in [0.25, 0.3) is 0 Å². The molecular formula is C16H24N6O3. The normalized spacial score (nSPS) is 19.8. The lowest BCUT2D eigenvalue weighted by Gasteiger charge is -2.33. The van der Waals surface area contributed by atoms with Crippen LogP contribution in [-0.2, 0) is 20.0 Å². The fourth-order valence-corrected chi connectivity index (χ4v) is 3.45. The summed E-state index contributed by atoms with van der Waals surface area (Å²) in [5, 5.41) is 24.9. The van der Waals surface area contributed by atoms with E-state index in [1.54, 1.807) is 0 Å². The fraction of sp³-hybridized carbons (Fsp3) is 0.625. The third kappa shape index (κ3) is 4.64. The molecule has 1 N–H and O–H groups in total. The smallest absolute Gasteiger partial charge is 0.306 e. The molecule has 1 aliphatic rings. The Kier molecular flexibility index (Phi) is 5.44. The van der Waals surface area contributed by atoms with Gasteiger partial charge in [0.15, 0.2) is 0 Å². The Labute approximate surface area is 146 Å². The van der Waals surface area contributed by atoms with Gasteiger partial charge in [0.25, 0.3) is 0 Å². The van der Waals surface area contributed by atoms with Crippen LogP contribution in [-0.4, -0.2) is 60.0 Å². The minimum absolute atomic E-state index is 0.0553. The van der Waals surface area contributed by atoms with E-state index < -0.39 is 11.0 Å². The van der Waals surface area contributed by atoms with Crippen molar-refractivity contribution in [1.29, 1.82) is 0 Å². The van der Waals surface area contributed by atoms with Crippen LogP contribution in [0.4, 0.5) is 5.69 Å². The first-order chi connectivity index (χ1) is 12.0. The summed E-state index contributed by atoms with van der Waals surface area (Å²) >= 11 is 0. The molecule has 1 fully saturated rings. The molecule has 1 saturated heterocycles. The van der Waals surface area contributed by atoms with Gasteiger partial charge < -0.3 is 14.6 Å². The first kappa shape index (κ1) is 17.6. The average Bonchev–Trinajstić information content (AvgIpc) is 3.17. The number of hydrogen-bond acceptors (Lipinski definition) is 6. The second-order valence-electron chi connectivity index (χ2n) is 6.76. The van der Waals surface area contributed by atoms with Gasteiger partial charge in [-0.25, -0.2) is 4.98 Å². The number of hydrogen-bond donors (Lipinski definition) is 1. The third-order valence-corrected chi connectivity index (χ3v) is 4.69. The molecule has 2 unspecified atom stereocenters. The summed E-state index contributed by atoms with van der Waals surface area (Å²) in [5.41, 5.74) is -0.0553. The lowest BCUT2D eigenvalue weighted by Crippen LogP contribution is -2.42. The minimum atomic E-state index is -0.605. The maximum Gasteiger partial charge on any atom is 0.306 e. The topological polar surface area (TPSA) is 102 Å². The molecule has 0 saturated carbocycles. The van der Waals surface area contributed by atoms with Gasteiger partial charge in [-0.1, -0.05) is 0 Å². The molecule has 0 aromatic carbocycles. The monoisotopic (exact) mass is 348 g/mol. The summed E-state index contributed by atoms with van der Waals surface area (Å²) in [6.07, 6.45) is 8.96. The van der Waals surface area contributed by atoms with E-state index in [0.29, 0.717) is 12.5 Å². The van der Waals surface area contributed by atoms with E-state index in [2.05, 4.69) is 19.5 Å². The lowest BCUT2D eigenvalue weighted by molar-refractivity contribution is -0.385. The van der Waals surface area contributed by atoms with Crippen LogP contribution in [0.5, 0.6) is 0 Å². The van der Waals surface area contributed by atoms with Gasteiger partial charge in [0.2, 0.25) is 0 Å². The van der Waals surface area contributed by atoms with Crippen molar-refractivity contribution in [3.05, 3.63) is 40.7 Å². The molecular weight excluding hydrogens is 324 g/mol. The molecule has 25 heavy (non-hydrogen) atoms. The molecule has 2 aromatic heterocycles. The summed E-state index contributed by atoms with van der Waals surface area (Å²) in [4.78, 5) is 16.9. The van der Waals surface area contributed by atoms with Gasteiger partial charge in [-0.3, -0.25) is 14.8 Å². The molecule has 136 valence electrons. The zero-order chi connectivity index (χ0) is 17.8. The van der Waals surface area contributed by atoms with Gasteiger partial charge in [-0.15, -0.1) is 0 Å². The highest BCUT2D eigenvalue weighted by Crippen LogP contribution is 2.20. The number of β-amino-alcohol motifs (C(OH)–C–C–N with tert-alkyl or cyclic N) is 1. The van der Waals surface area contributed by atoms with Crippen LogP contribution in [0.2, 0.25) is 0 Å². The lowest BCUT2D eigenvalue weighted by atomic mass is 9.94. The van der Waals surface area contributed by atoms with Crippen molar-refractivity contribution in [2.75, 3.05) is 19.6 Å². The van der Waals surface area contributed by atoms with E-state index in [9.17, 15) is 15.2 Å². The van der Waals surface area contributed by atoms with Crippen LogP contribution in [0.1, 0.15) is 18.7 Å². The number of imidazole rings is 1. The molecule has 0 radical (unpaired) electrons. The highest BCUT2D eigenvalue weighted by molar-refractivity contribution is 5.20. The molecule has 3 rings (SSSR count). The fourth-order valence-electron chi connectivity index (χ4n) is 3.45. The Hall–Kier alpha value is -2.26.